The Kier molecular flexibility index (Phi) is 51.0. The van der Waals surface area contributed by atoms with Crippen LogP contribution in [0.25, 0.3) is 0 Å². The summed E-state index contributed by atoms with van der Waals surface area (Å²) in [5, 5.41) is 23.3. The minimum Gasteiger partial charge on any atom is -0.466 e. The maximum atomic E-state index is 12.5. The van der Waals surface area contributed by atoms with E-state index in [1.54, 1.807) is 0 Å². The van der Waals surface area contributed by atoms with E-state index in [-0.39, 0.29) is 18.5 Å². The number of carbonyl (C=O) groups excluding carboxylic acids is 2. The lowest BCUT2D eigenvalue weighted by Gasteiger charge is -2.22. The van der Waals surface area contributed by atoms with Crippen LogP contribution in [0.1, 0.15) is 309 Å². The fourth-order valence-corrected chi connectivity index (χ4v) is 8.75. The third kappa shape index (κ3) is 48.1. The molecule has 0 aliphatic heterocycles. The van der Waals surface area contributed by atoms with Crippen LogP contribution in [0.3, 0.4) is 0 Å². The molecule has 0 radical (unpaired) electrons. The monoisotopic (exact) mass is 876 g/mol. The molecule has 368 valence electrons. The van der Waals surface area contributed by atoms with Crippen LogP contribution in [0.5, 0.6) is 0 Å². The van der Waals surface area contributed by atoms with Gasteiger partial charge in [0, 0.05) is 12.8 Å². The summed E-state index contributed by atoms with van der Waals surface area (Å²) in [6.45, 7) is 4.93. The predicted octanol–water partition coefficient (Wildman–Crippen LogP) is 16.9. The van der Waals surface area contributed by atoms with E-state index in [4.69, 9.17) is 4.74 Å². The molecule has 0 aromatic carbocycles. The van der Waals surface area contributed by atoms with Crippen LogP contribution in [-0.2, 0) is 14.3 Å². The lowest BCUT2D eigenvalue weighted by molar-refractivity contribution is -0.143. The van der Waals surface area contributed by atoms with E-state index >= 15 is 0 Å². The molecular formula is C56H109NO5. The zero-order valence-electron chi connectivity index (χ0n) is 41.9. The van der Waals surface area contributed by atoms with E-state index in [1.807, 2.05) is 0 Å². The van der Waals surface area contributed by atoms with Gasteiger partial charge in [-0.25, -0.2) is 0 Å². The number of nitrogens with one attached hydrogen (secondary N) is 1. The first-order valence-corrected chi connectivity index (χ1v) is 27.9. The Bertz CT molecular complexity index is 924. The molecule has 0 aromatic rings. The molecule has 0 fully saturated rings. The molecule has 0 heterocycles. The molecule has 0 aliphatic rings. The van der Waals surface area contributed by atoms with Crippen LogP contribution in [0.4, 0.5) is 0 Å². The molecule has 0 aromatic heterocycles. The molecule has 1 amide bonds. The van der Waals surface area contributed by atoms with Crippen molar-refractivity contribution >= 4 is 11.9 Å². The molecule has 2 atom stereocenters. The number of aliphatic hydroxyl groups excluding tert-OH is 2. The molecule has 2 unspecified atom stereocenters. The standard InChI is InChI=1S/C56H109NO5/c1-3-5-7-9-11-13-15-17-18-22-25-28-32-36-40-44-48-54(59)53(52-58)57-55(60)49-45-41-37-33-29-26-23-20-19-21-24-27-31-35-39-43-47-51-62-56(61)50-46-42-38-34-30-16-14-12-10-8-6-4-2/h12,14,53-54,58-59H,3-11,13,15-52H2,1-2H3,(H,57,60)/b14-12-. The third-order valence-corrected chi connectivity index (χ3v) is 13.1. The number of carbonyl (C=O) groups is 2. The second-order valence-corrected chi connectivity index (χ2v) is 19.3. The molecule has 0 aliphatic carbocycles. The van der Waals surface area contributed by atoms with Crippen molar-refractivity contribution in [1.82, 2.24) is 5.32 Å². The first kappa shape index (κ1) is 60.6. The summed E-state index contributed by atoms with van der Waals surface area (Å²) < 4.78 is 5.46. The van der Waals surface area contributed by atoms with Crippen LogP contribution >= 0.6 is 0 Å². The van der Waals surface area contributed by atoms with Gasteiger partial charge in [-0.05, 0) is 51.4 Å². The maximum absolute atomic E-state index is 12.5. The van der Waals surface area contributed by atoms with Crippen molar-refractivity contribution in [2.24, 2.45) is 0 Å². The maximum Gasteiger partial charge on any atom is 0.305 e. The van der Waals surface area contributed by atoms with E-state index in [9.17, 15) is 19.8 Å². The van der Waals surface area contributed by atoms with Crippen molar-refractivity contribution in [2.45, 2.75) is 321 Å². The van der Waals surface area contributed by atoms with Gasteiger partial charge in [-0.1, -0.05) is 257 Å². The van der Waals surface area contributed by atoms with Gasteiger partial charge in [-0.2, -0.15) is 0 Å². The molecule has 0 bridgehead atoms. The number of ether oxygens (including phenoxy) is 1. The topological polar surface area (TPSA) is 95.9 Å². The van der Waals surface area contributed by atoms with E-state index in [0.717, 1.165) is 44.9 Å². The highest BCUT2D eigenvalue weighted by Gasteiger charge is 2.20. The molecule has 6 nitrogen and oxygen atoms in total. The van der Waals surface area contributed by atoms with Crippen molar-refractivity contribution < 1.29 is 24.5 Å². The van der Waals surface area contributed by atoms with Gasteiger partial charge in [0.05, 0.1) is 25.4 Å². The van der Waals surface area contributed by atoms with Gasteiger partial charge in [-0.15, -0.1) is 0 Å². The average molecular weight is 876 g/mol. The number of allylic oxidation sites excluding steroid dienone is 2. The normalized spacial score (nSPS) is 12.6. The molecule has 0 saturated carbocycles. The zero-order valence-corrected chi connectivity index (χ0v) is 41.9. The Balaban J connectivity index is 3.42. The van der Waals surface area contributed by atoms with Gasteiger partial charge in [-0.3, -0.25) is 9.59 Å². The lowest BCUT2D eigenvalue weighted by atomic mass is 10.0. The number of amides is 1. The van der Waals surface area contributed by atoms with Crippen LogP contribution in [-0.4, -0.2) is 47.4 Å². The molecular weight excluding hydrogens is 767 g/mol. The summed E-state index contributed by atoms with van der Waals surface area (Å²) >= 11 is 0. The summed E-state index contributed by atoms with van der Waals surface area (Å²) in [5.74, 6) is -0.0427. The first-order valence-electron chi connectivity index (χ1n) is 27.9. The predicted molar refractivity (Wildman–Crippen MR) is 269 cm³/mol. The number of aliphatic hydroxyl groups is 2. The van der Waals surface area contributed by atoms with E-state index in [1.165, 1.54) is 231 Å². The van der Waals surface area contributed by atoms with E-state index < -0.39 is 12.1 Å². The van der Waals surface area contributed by atoms with E-state index in [0.29, 0.717) is 25.9 Å². The van der Waals surface area contributed by atoms with Gasteiger partial charge in [0.2, 0.25) is 5.91 Å². The summed E-state index contributed by atoms with van der Waals surface area (Å²) in [5.41, 5.74) is 0. The van der Waals surface area contributed by atoms with Crippen LogP contribution in [0.15, 0.2) is 12.2 Å². The fraction of sp³-hybridized carbons (Fsp3) is 0.929. The van der Waals surface area contributed by atoms with Gasteiger partial charge < -0.3 is 20.3 Å². The Hall–Kier alpha value is -1.40. The molecule has 3 N–H and O–H groups in total. The molecule has 0 saturated heterocycles. The van der Waals surface area contributed by atoms with Crippen molar-refractivity contribution in [1.29, 1.82) is 0 Å². The fourth-order valence-electron chi connectivity index (χ4n) is 8.75. The smallest absolute Gasteiger partial charge is 0.305 e. The van der Waals surface area contributed by atoms with Gasteiger partial charge in [0.25, 0.3) is 0 Å². The minimum atomic E-state index is -0.667. The number of esters is 1. The second-order valence-electron chi connectivity index (χ2n) is 19.3. The summed E-state index contributed by atoms with van der Waals surface area (Å²) in [6, 6.07) is -0.545. The highest BCUT2D eigenvalue weighted by atomic mass is 16.5. The summed E-state index contributed by atoms with van der Waals surface area (Å²) in [4.78, 5) is 24.5. The van der Waals surface area contributed by atoms with Gasteiger partial charge in [0.15, 0.2) is 0 Å². The second kappa shape index (κ2) is 52.2. The molecule has 0 rings (SSSR count). The highest BCUT2D eigenvalue weighted by Crippen LogP contribution is 2.17. The largest absolute Gasteiger partial charge is 0.466 e. The Morgan fingerprint density at radius 2 is 0.758 bits per heavy atom. The first-order chi connectivity index (χ1) is 30.5. The van der Waals surface area contributed by atoms with Crippen molar-refractivity contribution in [3.8, 4) is 0 Å². The summed E-state index contributed by atoms with van der Waals surface area (Å²) in [6.07, 6.45) is 60.5. The Morgan fingerprint density at radius 3 is 1.18 bits per heavy atom. The number of hydrogen-bond acceptors (Lipinski definition) is 5. The van der Waals surface area contributed by atoms with Crippen LogP contribution in [0.2, 0.25) is 0 Å². The molecule has 6 heteroatoms. The minimum absolute atomic E-state index is 0.00425. The average Bonchev–Trinajstić information content (AvgIpc) is 3.27. The Morgan fingerprint density at radius 1 is 0.435 bits per heavy atom. The zero-order chi connectivity index (χ0) is 45.1. The highest BCUT2D eigenvalue weighted by molar-refractivity contribution is 5.76. The number of unbranched alkanes of at least 4 members (excludes halogenated alkanes) is 39. The van der Waals surface area contributed by atoms with Crippen LogP contribution < -0.4 is 5.32 Å². The molecule has 62 heavy (non-hydrogen) atoms. The summed E-state index contributed by atoms with van der Waals surface area (Å²) in [7, 11) is 0. The van der Waals surface area contributed by atoms with Crippen LogP contribution in [0, 0.1) is 0 Å². The van der Waals surface area contributed by atoms with Crippen molar-refractivity contribution in [2.75, 3.05) is 13.2 Å². The Labute approximate surface area is 387 Å². The SMILES string of the molecule is CCCCC/C=C\CCCCCCCC(=O)OCCCCCCCCCCCCCCCCCCCC(=O)NC(CO)C(O)CCCCCCCCCCCCCCCCCC. The van der Waals surface area contributed by atoms with E-state index in [2.05, 4.69) is 31.3 Å². The van der Waals surface area contributed by atoms with Crippen molar-refractivity contribution in [3.63, 3.8) is 0 Å². The third-order valence-electron chi connectivity index (χ3n) is 13.1. The van der Waals surface area contributed by atoms with Gasteiger partial charge in [0.1, 0.15) is 0 Å². The van der Waals surface area contributed by atoms with Gasteiger partial charge >= 0.3 is 5.97 Å². The molecule has 0 spiro atoms. The lowest BCUT2D eigenvalue weighted by Crippen LogP contribution is -2.45. The quantitative estimate of drug-likeness (QED) is 0.0321. The number of hydrogen-bond donors (Lipinski definition) is 3. The number of rotatable bonds is 52. The van der Waals surface area contributed by atoms with Crippen molar-refractivity contribution in [3.05, 3.63) is 12.2 Å².